The van der Waals surface area contributed by atoms with Gasteiger partial charge in [-0.3, -0.25) is 4.79 Å². The van der Waals surface area contributed by atoms with Gasteiger partial charge in [-0.2, -0.15) is 0 Å². The number of esters is 2. The van der Waals surface area contributed by atoms with Gasteiger partial charge in [-0.05, 0) is 31.0 Å². The Balaban J connectivity index is 2.06. The first-order valence-corrected chi connectivity index (χ1v) is 9.22. The third kappa shape index (κ3) is 4.95. The predicted octanol–water partition coefficient (Wildman–Crippen LogP) is 3.28. The van der Waals surface area contributed by atoms with Crippen molar-refractivity contribution >= 4 is 29.4 Å². The highest BCUT2D eigenvalue weighted by Crippen LogP contribution is 2.22. The SMILES string of the molecule is CCc1[nH]c(C(=O)OCC(=O)N(C)Cc2c(F)cccc2Cl)c(C)c1C(=O)OC. The molecule has 0 aliphatic heterocycles. The number of rotatable bonds is 7. The van der Waals surface area contributed by atoms with Crippen molar-refractivity contribution in [2.75, 3.05) is 20.8 Å². The van der Waals surface area contributed by atoms with E-state index in [-0.39, 0.29) is 28.4 Å². The van der Waals surface area contributed by atoms with Crippen LogP contribution in [0.5, 0.6) is 0 Å². The number of nitrogens with zero attached hydrogens (tertiary/aromatic N) is 1. The number of benzene rings is 1. The van der Waals surface area contributed by atoms with E-state index in [0.29, 0.717) is 17.7 Å². The van der Waals surface area contributed by atoms with Crippen LogP contribution in [0.4, 0.5) is 4.39 Å². The van der Waals surface area contributed by atoms with Crippen LogP contribution < -0.4 is 0 Å². The van der Waals surface area contributed by atoms with Crippen LogP contribution in [0.2, 0.25) is 5.02 Å². The number of H-pyrrole nitrogens is 1. The number of ether oxygens (including phenoxy) is 2. The lowest BCUT2D eigenvalue weighted by atomic mass is 10.1. The molecule has 29 heavy (non-hydrogen) atoms. The second-order valence-corrected chi connectivity index (χ2v) is 6.76. The molecule has 0 fully saturated rings. The van der Waals surface area contributed by atoms with Gasteiger partial charge in [0.1, 0.15) is 11.5 Å². The molecule has 1 amide bonds. The minimum atomic E-state index is -0.780. The molecule has 0 radical (unpaired) electrons. The number of amides is 1. The van der Waals surface area contributed by atoms with Gasteiger partial charge in [0.25, 0.3) is 5.91 Å². The highest BCUT2D eigenvalue weighted by atomic mass is 35.5. The number of hydrogen-bond donors (Lipinski definition) is 1. The van der Waals surface area contributed by atoms with E-state index in [0.717, 1.165) is 0 Å². The largest absolute Gasteiger partial charge is 0.465 e. The Labute approximate surface area is 172 Å². The van der Waals surface area contributed by atoms with E-state index in [1.165, 1.54) is 37.3 Å². The van der Waals surface area contributed by atoms with Crippen LogP contribution in [0, 0.1) is 12.7 Å². The Morgan fingerprint density at radius 3 is 2.52 bits per heavy atom. The first-order valence-electron chi connectivity index (χ1n) is 8.84. The summed E-state index contributed by atoms with van der Waals surface area (Å²) in [5, 5.41) is 0.200. The molecule has 0 aliphatic rings. The molecule has 0 bridgehead atoms. The van der Waals surface area contributed by atoms with Gasteiger partial charge < -0.3 is 19.4 Å². The van der Waals surface area contributed by atoms with E-state index in [9.17, 15) is 18.8 Å². The maximum Gasteiger partial charge on any atom is 0.355 e. The van der Waals surface area contributed by atoms with E-state index < -0.39 is 30.3 Å². The highest BCUT2D eigenvalue weighted by molar-refractivity contribution is 6.31. The summed E-state index contributed by atoms with van der Waals surface area (Å²) >= 11 is 5.97. The number of hydrogen-bond acceptors (Lipinski definition) is 5. The normalized spacial score (nSPS) is 10.6. The average Bonchev–Trinajstić information content (AvgIpc) is 3.04. The Bertz CT molecular complexity index is 921. The summed E-state index contributed by atoms with van der Waals surface area (Å²) in [6, 6.07) is 4.24. The van der Waals surface area contributed by atoms with Gasteiger partial charge in [-0.15, -0.1) is 0 Å². The first kappa shape index (κ1) is 22.4. The summed E-state index contributed by atoms with van der Waals surface area (Å²) in [5.41, 5.74) is 1.46. The van der Waals surface area contributed by atoms with Crippen molar-refractivity contribution in [2.45, 2.75) is 26.8 Å². The number of methoxy groups -OCH3 is 1. The number of halogens is 2. The maximum absolute atomic E-state index is 13.9. The standard InChI is InChI=1S/C20H22ClFN2O5/c1-5-15-17(19(26)28-4)11(2)18(23-15)20(27)29-10-16(25)24(3)9-12-13(21)7-6-8-14(12)22/h6-8,23H,5,9-10H2,1-4H3. The molecule has 1 aromatic heterocycles. The zero-order chi connectivity index (χ0) is 21.7. The van der Waals surface area contributed by atoms with Crippen molar-refractivity contribution in [1.29, 1.82) is 0 Å². The molecule has 9 heteroatoms. The van der Waals surface area contributed by atoms with Crippen LogP contribution in [-0.4, -0.2) is 48.5 Å². The van der Waals surface area contributed by atoms with Crippen LogP contribution >= 0.6 is 11.6 Å². The van der Waals surface area contributed by atoms with Gasteiger partial charge in [0, 0.05) is 29.9 Å². The quantitative estimate of drug-likeness (QED) is 0.689. The van der Waals surface area contributed by atoms with Crippen LogP contribution in [0.1, 0.15) is 44.6 Å². The molecule has 156 valence electrons. The minimum absolute atomic E-state index is 0.0735. The Hall–Kier alpha value is -2.87. The van der Waals surface area contributed by atoms with Crippen LogP contribution in [0.3, 0.4) is 0 Å². The van der Waals surface area contributed by atoms with Gasteiger partial charge in [-0.25, -0.2) is 14.0 Å². The molecule has 0 saturated heterocycles. The zero-order valence-electron chi connectivity index (χ0n) is 16.6. The van der Waals surface area contributed by atoms with Crippen molar-refractivity contribution in [2.24, 2.45) is 0 Å². The van der Waals surface area contributed by atoms with Crippen molar-refractivity contribution in [3.05, 3.63) is 57.1 Å². The molecule has 0 aliphatic carbocycles. The fourth-order valence-corrected chi connectivity index (χ4v) is 3.05. The van der Waals surface area contributed by atoms with Crippen LogP contribution in [0.15, 0.2) is 18.2 Å². The number of nitrogens with one attached hydrogen (secondary N) is 1. The summed E-state index contributed by atoms with van der Waals surface area (Å²) in [5.74, 6) is -2.41. The fraction of sp³-hybridized carbons (Fsp3) is 0.350. The molecule has 2 rings (SSSR count). The minimum Gasteiger partial charge on any atom is -0.465 e. The average molecular weight is 425 g/mol. The number of aromatic amines is 1. The molecular weight excluding hydrogens is 403 g/mol. The van der Waals surface area contributed by atoms with Gasteiger partial charge in [0.15, 0.2) is 6.61 Å². The Morgan fingerprint density at radius 1 is 1.24 bits per heavy atom. The van der Waals surface area contributed by atoms with Gasteiger partial charge in [0.2, 0.25) is 0 Å². The van der Waals surface area contributed by atoms with Crippen molar-refractivity contribution in [3.63, 3.8) is 0 Å². The molecule has 1 heterocycles. The van der Waals surface area contributed by atoms with E-state index in [4.69, 9.17) is 21.1 Å². The number of aromatic nitrogens is 1. The second-order valence-electron chi connectivity index (χ2n) is 6.35. The zero-order valence-corrected chi connectivity index (χ0v) is 17.4. The molecule has 7 nitrogen and oxygen atoms in total. The maximum atomic E-state index is 13.9. The van der Waals surface area contributed by atoms with Crippen molar-refractivity contribution in [1.82, 2.24) is 9.88 Å². The van der Waals surface area contributed by atoms with Crippen LogP contribution in [-0.2, 0) is 27.2 Å². The summed E-state index contributed by atoms with van der Waals surface area (Å²) in [6.07, 6.45) is 0.476. The summed E-state index contributed by atoms with van der Waals surface area (Å²) in [4.78, 5) is 40.7. The molecule has 0 saturated carbocycles. The number of likely N-dealkylation sites (N-methyl/N-ethyl adjacent to an activating group) is 1. The Kier molecular flexibility index (Phi) is 7.39. The summed E-state index contributed by atoms with van der Waals surface area (Å²) < 4.78 is 23.7. The smallest absolute Gasteiger partial charge is 0.355 e. The van der Waals surface area contributed by atoms with Crippen molar-refractivity contribution in [3.8, 4) is 0 Å². The van der Waals surface area contributed by atoms with E-state index in [1.54, 1.807) is 6.92 Å². The number of carbonyl (C=O) groups excluding carboxylic acids is 3. The third-order valence-electron chi connectivity index (χ3n) is 4.48. The van der Waals surface area contributed by atoms with Gasteiger partial charge in [-0.1, -0.05) is 24.6 Å². The number of carbonyl (C=O) groups is 3. The summed E-state index contributed by atoms with van der Waals surface area (Å²) in [7, 11) is 2.70. The molecular formula is C20H22ClFN2O5. The lowest BCUT2D eigenvalue weighted by Gasteiger charge is -2.18. The Morgan fingerprint density at radius 2 is 1.93 bits per heavy atom. The number of aryl methyl sites for hydroxylation is 1. The molecule has 0 atom stereocenters. The molecule has 1 N–H and O–H groups in total. The van der Waals surface area contributed by atoms with E-state index >= 15 is 0 Å². The fourth-order valence-electron chi connectivity index (χ4n) is 2.82. The van der Waals surface area contributed by atoms with E-state index in [1.807, 2.05) is 6.92 Å². The first-order chi connectivity index (χ1) is 13.7. The lowest BCUT2D eigenvalue weighted by molar-refractivity contribution is -0.133. The molecule has 0 spiro atoms. The highest BCUT2D eigenvalue weighted by Gasteiger charge is 2.25. The molecule has 2 aromatic rings. The molecule has 1 aromatic carbocycles. The van der Waals surface area contributed by atoms with Gasteiger partial charge >= 0.3 is 11.9 Å². The van der Waals surface area contributed by atoms with Crippen LogP contribution in [0.25, 0.3) is 0 Å². The van der Waals surface area contributed by atoms with Crippen molar-refractivity contribution < 1.29 is 28.2 Å². The van der Waals surface area contributed by atoms with E-state index in [2.05, 4.69) is 4.98 Å². The van der Waals surface area contributed by atoms with Gasteiger partial charge in [0.05, 0.1) is 12.7 Å². The summed E-state index contributed by atoms with van der Waals surface area (Å²) in [6.45, 7) is 2.79. The third-order valence-corrected chi connectivity index (χ3v) is 4.84. The topological polar surface area (TPSA) is 88.7 Å². The monoisotopic (exact) mass is 424 g/mol. The second kappa shape index (κ2) is 9.56. The predicted molar refractivity (Wildman–Crippen MR) is 104 cm³/mol. The molecule has 0 unspecified atom stereocenters. The lowest BCUT2D eigenvalue weighted by Crippen LogP contribution is -2.31.